The molecular formula is C28H29N5O2. The van der Waals surface area contributed by atoms with Gasteiger partial charge >= 0.3 is 0 Å². The summed E-state index contributed by atoms with van der Waals surface area (Å²) in [6.07, 6.45) is 7.58. The number of hydrogen-bond donors (Lipinski definition) is 1. The molecule has 0 saturated carbocycles. The quantitative estimate of drug-likeness (QED) is 0.413. The summed E-state index contributed by atoms with van der Waals surface area (Å²) in [5, 5.41) is 7.94. The number of rotatable bonds is 8. The number of hydrogen-bond acceptors (Lipinski definition) is 5. The van der Waals surface area contributed by atoms with Gasteiger partial charge in [0.05, 0.1) is 24.4 Å². The van der Waals surface area contributed by atoms with Gasteiger partial charge in [-0.25, -0.2) is 4.68 Å². The summed E-state index contributed by atoms with van der Waals surface area (Å²) in [7, 11) is 1.68. The molecule has 0 spiro atoms. The maximum absolute atomic E-state index is 13.5. The summed E-state index contributed by atoms with van der Waals surface area (Å²) in [4.78, 5) is 20.2. The Morgan fingerprint density at radius 1 is 1.06 bits per heavy atom. The molecule has 1 aliphatic rings. The molecule has 178 valence electrons. The highest BCUT2D eigenvalue weighted by atomic mass is 16.5. The van der Waals surface area contributed by atoms with Gasteiger partial charge in [0.15, 0.2) is 0 Å². The molecule has 7 heteroatoms. The van der Waals surface area contributed by atoms with E-state index in [0.717, 1.165) is 35.7 Å². The Bertz CT molecular complexity index is 1270. The topological polar surface area (TPSA) is 72.3 Å². The van der Waals surface area contributed by atoms with Crippen LogP contribution >= 0.6 is 0 Å². The highest BCUT2D eigenvalue weighted by Gasteiger charge is 2.26. The van der Waals surface area contributed by atoms with Crippen LogP contribution in [0.5, 0.6) is 5.75 Å². The lowest BCUT2D eigenvalue weighted by Crippen LogP contribution is -2.36. The minimum absolute atomic E-state index is 0.0718. The van der Waals surface area contributed by atoms with Crippen molar-refractivity contribution in [2.75, 3.05) is 26.7 Å². The lowest BCUT2D eigenvalue weighted by molar-refractivity contribution is 0.0938. The van der Waals surface area contributed by atoms with Crippen LogP contribution in [0.15, 0.2) is 85.3 Å². The van der Waals surface area contributed by atoms with E-state index in [2.05, 4.69) is 27.3 Å². The van der Waals surface area contributed by atoms with Gasteiger partial charge in [-0.15, -0.1) is 0 Å². The fraction of sp³-hybridized carbons (Fsp3) is 0.250. The van der Waals surface area contributed by atoms with Crippen molar-refractivity contribution < 1.29 is 9.53 Å². The van der Waals surface area contributed by atoms with E-state index in [0.29, 0.717) is 17.8 Å². The van der Waals surface area contributed by atoms with Crippen LogP contribution in [-0.2, 0) is 0 Å². The van der Waals surface area contributed by atoms with E-state index in [1.165, 1.54) is 12.8 Å². The number of carbonyl (C=O) groups excluding carboxylic acids is 1. The van der Waals surface area contributed by atoms with Crippen LogP contribution in [0, 0.1) is 0 Å². The summed E-state index contributed by atoms with van der Waals surface area (Å²) in [5.74, 6) is 0.666. The van der Waals surface area contributed by atoms with Crippen LogP contribution in [0.3, 0.4) is 0 Å². The Hall–Kier alpha value is -3.97. The van der Waals surface area contributed by atoms with Crippen molar-refractivity contribution in [3.05, 3.63) is 96.4 Å². The molecule has 1 amide bonds. The zero-order valence-corrected chi connectivity index (χ0v) is 19.8. The average molecular weight is 468 g/mol. The van der Waals surface area contributed by atoms with Crippen molar-refractivity contribution in [1.82, 2.24) is 25.0 Å². The zero-order chi connectivity index (χ0) is 24.0. The maximum atomic E-state index is 13.5. The number of carbonyl (C=O) groups is 1. The summed E-state index contributed by atoms with van der Waals surface area (Å²) >= 11 is 0. The van der Waals surface area contributed by atoms with Gasteiger partial charge in [0.2, 0.25) is 0 Å². The molecule has 7 nitrogen and oxygen atoms in total. The normalized spacial score (nSPS) is 14.5. The van der Waals surface area contributed by atoms with E-state index in [4.69, 9.17) is 9.84 Å². The molecule has 1 fully saturated rings. The largest absolute Gasteiger partial charge is 0.497 e. The highest BCUT2D eigenvalue weighted by molar-refractivity contribution is 5.99. The fourth-order valence-corrected chi connectivity index (χ4v) is 4.61. The second kappa shape index (κ2) is 10.5. The zero-order valence-electron chi connectivity index (χ0n) is 19.8. The fourth-order valence-electron chi connectivity index (χ4n) is 4.61. The van der Waals surface area contributed by atoms with E-state index in [9.17, 15) is 4.79 Å². The van der Waals surface area contributed by atoms with Crippen molar-refractivity contribution in [1.29, 1.82) is 0 Å². The first-order chi connectivity index (χ1) is 17.2. The Kier molecular flexibility index (Phi) is 6.86. The maximum Gasteiger partial charge on any atom is 0.255 e. The van der Waals surface area contributed by atoms with E-state index in [-0.39, 0.29) is 11.9 Å². The Morgan fingerprint density at radius 3 is 2.63 bits per heavy atom. The molecule has 1 saturated heterocycles. The summed E-state index contributed by atoms with van der Waals surface area (Å²) < 4.78 is 7.20. The van der Waals surface area contributed by atoms with Gasteiger partial charge in [-0.1, -0.05) is 30.3 Å². The smallest absolute Gasteiger partial charge is 0.255 e. The Morgan fingerprint density at radius 2 is 1.89 bits per heavy atom. The van der Waals surface area contributed by atoms with Crippen molar-refractivity contribution in [3.8, 4) is 22.7 Å². The lowest BCUT2D eigenvalue weighted by atomic mass is 10.0. The molecule has 2 aromatic heterocycles. The molecule has 0 radical (unpaired) electrons. The lowest BCUT2D eigenvalue weighted by Gasteiger charge is -2.28. The van der Waals surface area contributed by atoms with Crippen LogP contribution < -0.4 is 10.1 Å². The van der Waals surface area contributed by atoms with Crippen LogP contribution in [-0.4, -0.2) is 52.3 Å². The number of likely N-dealkylation sites (tertiary alicyclic amines) is 1. The molecule has 5 rings (SSSR count). The molecule has 4 aromatic rings. The van der Waals surface area contributed by atoms with Gasteiger partial charge in [-0.2, -0.15) is 5.10 Å². The number of aromatic nitrogens is 3. The number of para-hydroxylation sites is 1. The van der Waals surface area contributed by atoms with E-state index in [1.54, 1.807) is 30.4 Å². The van der Waals surface area contributed by atoms with Crippen LogP contribution in [0.2, 0.25) is 0 Å². The standard InChI is InChI=1S/C28H29N5O2/c1-35-24-13-7-9-21(17-24)26(32-15-5-6-16-32)19-30-28(34)25-20-33(23-11-3-2-4-12-23)31-27(25)22-10-8-14-29-18-22/h2-4,7-14,17-18,20,26H,5-6,15-16,19H2,1H3,(H,30,34). The Balaban J connectivity index is 1.43. The van der Waals surface area contributed by atoms with Gasteiger partial charge in [-0.3, -0.25) is 14.7 Å². The van der Waals surface area contributed by atoms with Crippen molar-refractivity contribution >= 4 is 5.91 Å². The predicted octanol–water partition coefficient (Wildman–Crippen LogP) is 4.51. The second-order valence-electron chi connectivity index (χ2n) is 8.66. The molecular weight excluding hydrogens is 438 g/mol. The van der Waals surface area contributed by atoms with Crippen molar-refractivity contribution in [2.45, 2.75) is 18.9 Å². The average Bonchev–Trinajstić information content (AvgIpc) is 3.61. The first-order valence-electron chi connectivity index (χ1n) is 11.9. The Labute approximate surface area is 205 Å². The number of methoxy groups -OCH3 is 1. The van der Waals surface area contributed by atoms with Crippen LogP contribution in [0.25, 0.3) is 16.9 Å². The first kappa shape index (κ1) is 22.8. The van der Waals surface area contributed by atoms with Crippen LogP contribution in [0.1, 0.15) is 34.8 Å². The monoisotopic (exact) mass is 467 g/mol. The van der Waals surface area contributed by atoms with Crippen molar-refractivity contribution in [3.63, 3.8) is 0 Å². The first-order valence-corrected chi connectivity index (χ1v) is 11.9. The molecule has 1 aliphatic heterocycles. The number of amides is 1. The highest BCUT2D eigenvalue weighted by Crippen LogP contribution is 2.28. The van der Waals surface area contributed by atoms with Gasteiger partial charge in [0.1, 0.15) is 11.4 Å². The molecule has 1 atom stereocenters. The number of benzene rings is 2. The van der Waals surface area contributed by atoms with Crippen LogP contribution in [0.4, 0.5) is 0 Å². The second-order valence-corrected chi connectivity index (χ2v) is 8.66. The number of nitrogens with zero attached hydrogens (tertiary/aromatic N) is 4. The van der Waals surface area contributed by atoms with Gasteiger partial charge < -0.3 is 10.1 Å². The number of pyridine rings is 1. The molecule has 0 bridgehead atoms. The van der Waals surface area contributed by atoms with E-state index in [1.807, 2.05) is 54.6 Å². The van der Waals surface area contributed by atoms with E-state index < -0.39 is 0 Å². The summed E-state index contributed by atoms with van der Waals surface area (Å²) in [6, 6.07) is 21.8. The molecule has 1 unspecified atom stereocenters. The third-order valence-corrected chi connectivity index (χ3v) is 6.43. The predicted molar refractivity (Wildman–Crippen MR) is 136 cm³/mol. The minimum atomic E-state index is -0.155. The van der Waals surface area contributed by atoms with Crippen molar-refractivity contribution in [2.24, 2.45) is 0 Å². The molecule has 3 heterocycles. The molecule has 1 N–H and O–H groups in total. The van der Waals surface area contributed by atoms with E-state index >= 15 is 0 Å². The van der Waals surface area contributed by atoms with Gasteiger partial charge in [0.25, 0.3) is 5.91 Å². The SMILES string of the molecule is COc1cccc(C(CNC(=O)c2cn(-c3ccccc3)nc2-c2cccnc2)N2CCCC2)c1. The van der Waals surface area contributed by atoms with Gasteiger partial charge in [-0.05, 0) is 67.9 Å². The number of nitrogens with one attached hydrogen (secondary N) is 1. The minimum Gasteiger partial charge on any atom is -0.497 e. The summed E-state index contributed by atoms with van der Waals surface area (Å²) in [6.45, 7) is 2.53. The number of ether oxygens (including phenoxy) is 1. The molecule has 2 aromatic carbocycles. The molecule has 0 aliphatic carbocycles. The third kappa shape index (κ3) is 5.10. The summed E-state index contributed by atoms with van der Waals surface area (Å²) in [5.41, 5.74) is 3.96. The third-order valence-electron chi connectivity index (χ3n) is 6.43. The molecule has 35 heavy (non-hydrogen) atoms. The van der Waals surface area contributed by atoms with Gasteiger partial charge in [0, 0.05) is 30.7 Å².